The number of carbonyl (C=O) groups excluding carboxylic acids is 2. The molecule has 0 aliphatic carbocycles. The molecular weight excluding hydrogens is 216 g/mol. The second kappa shape index (κ2) is 4.57. The third kappa shape index (κ3) is 2.64. The van der Waals surface area contributed by atoms with Gasteiger partial charge in [-0.3, -0.25) is 9.59 Å². The van der Waals surface area contributed by atoms with Crippen LogP contribution in [0.1, 0.15) is 17.5 Å². The number of benzene rings is 1. The van der Waals surface area contributed by atoms with Crippen LogP contribution in [0.5, 0.6) is 0 Å². The summed E-state index contributed by atoms with van der Waals surface area (Å²) in [5.41, 5.74) is 7.49. The molecule has 17 heavy (non-hydrogen) atoms. The maximum Gasteiger partial charge on any atom is 0.223 e. The van der Waals surface area contributed by atoms with E-state index in [1.807, 2.05) is 31.2 Å². The van der Waals surface area contributed by atoms with Gasteiger partial charge in [0.15, 0.2) is 0 Å². The van der Waals surface area contributed by atoms with Gasteiger partial charge in [0, 0.05) is 19.5 Å². The van der Waals surface area contributed by atoms with E-state index in [4.69, 9.17) is 5.73 Å². The molecule has 2 N–H and O–H groups in total. The van der Waals surface area contributed by atoms with Crippen LogP contribution in [0.3, 0.4) is 0 Å². The Hall–Kier alpha value is -1.84. The van der Waals surface area contributed by atoms with Crippen molar-refractivity contribution in [1.29, 1.82) is 0 Å². The fourth-order valence-electron chi connectivity index (χ4n) is 2.03. The summed E-state index contributed by atoms with van der Waals surface area (Å²) in [4.78, 5) is 24.4. The first-order chi connectivity index (χ1) is 8.06. The normalized spacial score (nSPS) is 19.7. The average Bonchev–Trinajstić information content (AvgIpc) is 2.64. The van der Waals surface area contributed by atoms with Crippen molar-refractivity contribution in [3.8, 4) is 0 Å². The van der Waals surface area contributed by atoms with Gasteiger partial charge in [-0.1, -0.05) is 29.8 Å². The zero-order chi connectivity index (χ0) is 12.4. The number of nitrogens with two attached hydrogens (primary N) is 1. The molecule has 4 nitrogen and oxygen atoms in total. The van der Waals surface area contributed by atoms with Gasteiger partial charge < -0.3 is 10.6 Å². The van der Waals surface area contributed by atoms with Crippen LogP contribution in [-0.2, 0) is 16.1 Å². The van der Waals surface area contributed by atoms with Gasteiger partial charge in [-0.15, -0.1) is 0 Å². The molecule has 1 aromatic carbocycles. The van der Waals surface area contributed by atoms with E-state index >= 15 is 0 Å². The standard InChI is InChI=1S/C13H16N2O2/c1-9-2-4-10(5-3-9)7-15-8-11(13(14)17)6-12(15)16/h2-5,11H,6-8H2,1H3,(H2,14,17)/t11-/m0/s1. The molecule has 1 aromatic rings. The van der Waals surface area contributed by atoms with E-state index in [9.17, 15) is 9.59 Å². The lowest BCUT2D eigenvalue weighted by Gasteiger charge is -2.16. The Bertz CT molecular complexity index is 439. The molecule has 1 aliphatic rings. The van der Waals surface area contributed by atoms with Gasteiger partial charge in [0.05, 0.1) is 5.92 Å². The highest BCUT2D eigenvalue weighted by Crippen LogP contribution is 2.19. The Morgan fingerprint density at radius 3 is 2.59 bits per heavy atom. The summed E-state index contributed by atoms with van der Waals surface area (Å²) in [7, 11) is 0. The smallest absolute Gasteiger partial charge is 0.223 e. The molecule has 0 spiro atoms. The van der Waals surface area contributed by atoms with Gasteiger partial charge in [-0.2, -0.15) is 0 Å². The van der Waals surface area contributed by atoms with Crippen molar-refractivity contribution < 1.29 is 9.59 Å². The summed E-state index contributed by atoms with van der Waals surface area (Å²) in [5.74, 6) is -0.702. The summed E-state index contributed by atoms with van der Waals surface area (Å²) in [6.07, 6.45) is 0.251. The molecule has 0 radical (unpaired) electrons. The Kier molecular flexibility index (Phi) is 3.13. The van der Waals surface area contributed by atoms with Gasteiger partial charge in [0.2, 0.25) is 11.8 Å². The zero-order valence-electron chi connectivity index (χ0n) is 9.85. The monoisotopic (exact) mass is 232 g/mol. The highest BCUT2D eigenvalue weighted by Gasteiger charge is 2.32. The highest BCUT2D eigenvalue weighted by atomic mass is 16.2. The maximum absolute atomic E-state index is 11.7. The number of hydrogen-bond donors (Lipinski definition) is 1. The minimum atomic E-state index is -0.384. The van der Waals surface area contributed by atoms with Crippen LogP contribution in [0, 0.1) is 12.8 Å². The largest absolute Gasteiger partial charge is 0.369 e. The summed E-state index contributed by atoms with van der Waals surface area (Å²) >= 11 is 0. The van der Waals surface area contributed by atoms with Crippen LogP contribution in [0.2, 0.25) is 0 Å². The summed E-state index contributed by atoms with van der Waals surface area (Å²) in [5, 5.41) is 0. The molecular formula is C13H16N2O2. The number of rotatable bonds is 3. The molecule has 1 fully saturated rings. The molecule has 1 atom stereocenters. The summed E-state index contributed by atoms with van der Waals surface area (Å²) in [6.45, 7) is 3.03. The fourth-order valence-corrected chi connectivity index (χ4v) is 2.03. The lowest BCUT2D eigenvalue weighted by atomic mass is 10.1. The van der Waals surface area contributed by atoms with E-state index in [2.05, 4.69) is 0 Å². The Balaban J connectivity index is 2.02. The van der Waals surface area contributed by atoms with Crippen molar-refractivity contribution in [2.45, 2.75) is 19.9 Å². The second-order valence-electron chi connectivity index (χ2n) is 4.56. The molecule has 90 valence electrons. The number of primary amides is 1. The number of aryl methyl sites for hydroxylation is 1. The van der Waals surface area contributed by atoms with Crippen molar-refractivity contribution in [3.05, 3.63) is 35.4 Å². The number of amides is 2. The van der Waals surface area contributed by atoms with E-state index in [1.165, 1.54) is 5.56 Å². The molecule has 1 aliphatic heterocycles. The zero-order valence-corrected chi connectivity index (χ0v) is 9.85. The lowest BCUT2D eigenvalue weighted by Crippen LogP contribution is -2.28. The number of nitrogens with zero attached hydrogens (tertiary/aromatic N) is 1. The third-order valence-electron chi connectivity index (χ3n) is 3.11. The molecule has 4 heteroatoms. The van der Waals surface area contributed by atoms with Gasteiger partial charge in [0.25, 0.3) is 0 Å². The number of hydrogen-bond acceptors (Lipinski definition) is 2. The fraction of sp³-hybridized carbons (Fsp3) is 0.385. The van der Waals surface area contributed by atoms with Crippen molar-refractivity contribution in [2.75, 3.05) is 6.54 Å². The molecule has 1 saturated heterocycles. The van der Waals surface area contributed by atoms with Crippen molar-refractivity contribution in [1.82, 2.24) is 4.90 Å². The molecule has 0 bridgehead atoms. The Labute approximate surface area is 100 Å². The second-order valence-corrected chi connectivity index (χ2v) is 4.56. The summed E-state index contributed by atoms with van der Waals surface area (Å²) < 4.78 is 0. The van der Waals surface area contributed by atoms with Crippen molar-refractivity contribution >= 4 is 11.8 Å². The van der Waals surface area contributed by atoms with Gasteiger partial charge >= 0.3 is 0 Å². The topological polar surface area (TPSA) is 63.4 Å². The predicted octanol–water partition coefficient (Wildman–Crippen LogP) is 0.829. The SMILES string of the molecule is Cc1ccc(CN2C[C@@H](C(N)=O)CC2=O)cc1. The third-order valence-corrected chi connectivity index (χ3v) is 3.11. The maximum atomic E-state index is 11.7. The molecule has 0 unspecified atom stereocenters. The molecule has 2 amide bonds. The van der Waals surface area contributed by atoms with E-state index in [0.29, 0.717) is 13.1 Å². The van der Waals surface area contributed by atoms with Crippen LogP contribution in [-0.4, -0.2) is 23.3 Å². The van der Waals surface area contributed by atoms with Crippen LogP contribution >= 0.6 is 0 Å². The Morgan fingerprint density at radius 2 is 2.06 bits per heavy atom. The van der Waals surface area contributed by atoms with Crippen molar-refractivity contribution in [2.24, 2.45) is 11.7 Å². The quantitative estimate of drug-likeness (QED) is 0.839. The average molecular weight is 232 g/mol. The van der Waals surface area contributed by atoms with E-state index in [-0.39, 0.29) is 24.2 Å². The van der Waals surface area contributed by atoms with E-state index in [1.54, 1.807) is 4.90 Å². The van der Waals surface area contributed by atoms with Gasteiger partial charge in [-0.25, -0.2) is 0 Å². The van der Waals surface area contributed by atoms with Gasteiger partial charge in [0.1, 0.15) is 0 Å². The minimum absolute atomic E-state index is 0.00868. The first-order valence-electron chi connectivity index (χ1n) is 5.69. The molecule has 0 aromatic heterocycles. The van der Waals surface area contributed by atoms with Crippen molar-refractivity contribution in [3.63, 3.8) is 0 Å². The number of carbonyl (C=O) groups is 2. The van der Waals surface area contributed by atoms with E-state index in [0.717, 1.165) is 5.56 Å². The number of likely N-dealkylation sites (tertiary alicyclic amines) is 1. The van der Waals surface area contributed by atoms with E-state index < -0.39 is 0 Å². The molecule has 1 heterocycles. The first-order valence-corrected chi connectivity index (χ1v) is 5.69. The van der Waals surface area contributed by atoms with Crippen LogP contribution in [0.25, 0.3) is 0 Å². The first kappa shape index (κ1) is 11.6. The minimum Gasteiger partial charge on any atom is -0.369 e. The van der Waals surface area contributed by atoms with Crippen LogP contribution in [0.15, 0.2) is 24.3 Å². The molecule has 0 saturated carbocycles. The highest BCUT2D eigenvalue weighted by molar-refractivity contribution is 5.88. The Morgan fingerprint density at radius 1 is 1.41 bits per heavy atom. The van der Waals surface area contributed by atoms with Gasteiger partial charge in [-0.05, 0) is 12.5 Å². The molecule has 2 rings (SSSR count). The lowest BCUT2D eigenvalue weighted by molar-refractivity contribution is -0.128. The van der Waals surface area contributed by atoms with Crippen LogP contribution < -0.4 is 5.73 Å². The summed E-state index contributed by atoms with van der Waals surface area (Å²) in [6, 6.07) is 8.03. The van der Waals surface area contributed by atoms with Crippen LogP contribution in [0.4, 0.5) is 0 Å². The predicted molar refractivity (Wildman–Crippen MR) is 63.9 cm³/mol.